The molecule has 0 aliphatic heterocycles. The minimum atomic E-state index is -0.863. The van der Waals surface area contributed by atoms with Crippen molar-refractivity contribution in [2.75, 3.05) is 18.5 Å². The Balaban J connectivity index is 1.56. The molecule has 0 spiro atoms. The minimum absolute atomic E-state index is 0.122. The molecule has 2 aromatic carbocycles. The molecule has 164 valence electrons. The van der Waals surface area contributed by atoms with Gasteiger partial charge in [-0.25, -0.2) is 9.48 Å². The van der Waals surface area contributed by atoms with E-state index in [1.807, 2.05) is 18.2 Å². The molecule has 0 fully saturated rings. The number of anilines is 1. The van der Waals surface area contributed by atoms with Gasteiger partial charge in [0, 0.05) is 11.6 Å². The summed E-state index contributed by atoms with van der Waals surface area (Å²) in [5.41, 5.74) is 0.142. The first-order valence-electron chi connectivity index (χ1n) is 9.77. The summed E-state index contributed by atoms with van der Waals surface area (Å²) < 4.78 is 11.6. The highest BCUT2D eigenvalue weighted by Crippen LogP contribution is 2.15. The normalized spacial score (nSPS) is 10.3. The Labute approximate surface area is 183 Å². The highest BCUT2D eigenvalue weighted by atomic mass is 16.5. The van der Waals surface area contributed by atoms with Crippen LogP contribution in [0.4, 0.5) is 5.69 Å². The lowest BCUT2D eigenvalue weighted by atomic mass is 10.1. The zero-order valence-corrected chi connectivity index (χ0v) is 17.3. The third-order valence-electron chi connectivity index (χ3n) is 4.31. The zero-order chi connectivity index (χ0) is 22.9. The van der Waals surface area contributed by atoms with E-state index < -0.39 is 24.0 Å². The number of nitrogens with one attached hydrogen (secondary N) is 1. The topological polar surface area (TPSA) is 117 Å². The van der Waals surface area contributed by atoms with Gasteiger partial charge in [0.25, 0.3) is 11.5 Å². The van der Waals surface area contributed by atoms with Crippen LogP contribution in [-0.4, -0.2) is 40.7 Å². The maximum Gasteiger partial charge on any atom is 0.359 e. The van der Waals surface area contributed by atoms with Gasteiger partial charge in [0.15, 0.2) is 18.1 Å². The summed E-state index contributed by atoms with van der Waals surface area (Å²) in [6.07, 6.45) is 0. The molecule has 0 bridgehead atoms. The summed E-state index contributed by atoms with van der Waals surface area (Å²) in [6.45, 7) is 1.10. The first kappa shape index (κ1) is 22.4. The summed E-state index contributed by atoms with van der Waals surface area (Å²) in [4.78, 5) is 48.0. The van der Waals surface area contributed by atoms with Crippen molar-refractivity contribution in [1.29, 1.82) is 0 Å². The maximum absolute atomic E-state index is 12.3. The van der Waals surface area contributed by atoms with E-state index in [1.54, 1.807) is 36.4 Å². The van der Waals surface area contributed by atoms with Crippen LogP contribution in [0, 0.1) is 0 Å². The number of hydrogen-bond donors (Lipinski definition) is 1. The van der Waals surface area contributed by atoms with Crippen molar-refractivity contribution in [2.24, 2.45) is 0 Å². The number of nitrogens with zero attached hydrogens (tertiary/aromatic N) is 2. The van der Waals surface area contributed by atoms with Crippen molar-refractivity contribution >= 4 is 23.3 Å². The lowest BCUT2D eigenvalue weighted by Gasteiger charge is -2.10. The Morgan fingerprint density at radius 3 is 2.44 bits per heavy atom. The number of hydrogen-bond acceptors (Lipinski definition) is 7. The van der Waals surface area contributed by atoms with Crippen molar-refractivity contribution in [1.82, 2.24) is 9.78 Å². The molecular weight excluding hydrogens is 414 g/mol. The van der Waals surface area contributed by atoms with Gasteiger partial charge in [0.2, 0.25) is 0 Å². The van der Waals surface area contributed by atoms with E-state index in [9.17, 15) is 19.2 Å². The number of ether oxygens (including phenoxy) is 2. The fourth-order valence-electron chi connectivity index (χ4n) is 2.78. The predicted molar refractivity (Wildman–Crippen MR) is 116 cm³/mol. The van der Waals surface area contributed by atoms with Gasteiger partial charge in [-0.3, -0.25) is 14.4 Å². The van der Waals surface area contributed by atoms with E-state index in [-0.39, 0.29) is 24.6 Å². The van der Waals surface area contributed by atoms with Crippen LogP contribution in [0.5, 0.6) is 5.75 Å². The number of carbonyl (C=O) groups excluding carboxylic acids is 3. The molecule has 0 atom stereocenters. The molecule has 0 saturated carbocycles. The molecule has 0 unspecified atom stereocenters. The van der Waals surface area contributed by atoms with Crippen LogP contribution in [0.3, 0.4) is 0 Å². The van der Waals surface area contributed by atoms with Crippen LogP contribution < -0.4 is 15.6 Å². The lowest BCUT2D eigenvalue weighted by molar-refractivity contribution is -0.119. The van der Waals surface area contributed by atoms with Crippen LogP contribution >= 0.6 is 0 Å². The molecular formula is C23H21N3O6. The van der Waals surface area contributed by atoms with Crippen LogP contribution in [-0.2, 0) is 16.1 Å². The number of rotatable bonds is 9. The standard InChI is InChI=1S/C23H21N3O6/c1-16(27)18-9-5-6-10-19(18)24-21(28)15-32-23(30)20-11-12-22(29)26(25-20)13-14-31-17-7-3-2-4-8-17/h2-12H,13-15H2,1H3,(H,24,28). The number of esters is 1. The smallest absolute Gasteiger partial charge is 0.359 e. The third-order valence-corrected chi connectivity index (χ3v) is 4.31. The molecule has 3 aromatic rings. The van der Waals surface area contributed by atoms with Gasteiger partial charge in [0.1, 0.15) is 12.4 Å². The van der Waals surface area contributed by atoms with Gasteiger partial charge >= 0.3 is 5.97 Å². The van der Waals surface area contributed by atoms with E-state index >= 15 is 0 Å². The van der Waals surface area contributed by atoms with Crippen molar-refractivity contribution in [3.8, 4) is 5.75 Å². The summed E-state index contributed by atoms with van der Waals surface area (Å²) >= 11 is 0. The Hall–Kier alpha value is -4.27. The van der Waals surface area contributed by atoms with E-state index in [1.165, 1.54) is 19.1 Å². The minimum Gasteiger partial charge on any atom is -0.492 e. The van der Waals surface area contributed by atoms with Gasteiger partial charge in [-0.05, 0) is 37.3 Å². The van der Waals surface area contributed by atoms with Crippen LogP contribution in [0.1, 0.15) is 27.8 Å². The molecule has 1 amide bonds. The summed E-state index contributed by atoms with van der Waals surface area (Å²) in [7, 11) is 0. The second kappa shape index (κ2) is 10.7. The highest BCUT2D eigenvalue weighted by molar-refractivity contribution is 6.04. The second-order valence-electron chi connectivity index (χ2n) is 6.67. The monoisotopic (exact) mass is 435 g/mol. The van der Waals surface area contributed by atoms with Gasteiger partial charge in [-0.15, -0.1) is 0 Å². The molecule has 1 heterocycles. The molecule has 0 aliphatic rings. The number of benzene rings is 2. The Morgan fingerprint density at radius 1 is 0.969 bits per heavy atom. The molecule has 0 aliphatic carbocycles. The molecule has 1 aromatic heterocycles. The molecule has 0 radical (unpaired) electrons. The van der Waals surface area contributed by atoms with Crippen molar-refractivity contribution < 1.29 is 23.9 Å². The summed E-state index contributed by atoms with van der Waals surface area (Å²) in [5, 5.41) is 6.51. The van der Waals surface area contributed by atoms with E-state index in [2.05, 4.69) is 10.4 Å². The average molecular weight is 435 g/mol. The second-order valence-corrected chi connectivity index (χ2v) is 6.67. The van der Waals surface area contributed by atoms with Gasteiger partial charge in [-0.1, -0.05) is 30.3 Å². The average Bonchev–Trinajstić information content (AvgIpc) is 2.79. The molecule has 9 heteroatoms. The van der Waals surface area contributed by atoms with Crippen molar-refractivity contribution in [2.45, 2.75) is 13.5 Å². The van der Waals surface area contributed by atoms with Crippen molar-refractivity contribution in [3.63, 3.8) is 0 Å². The molecule has 1 N–H and O–H groups in total. The molecule has 9 nitrogen and oxygen atoms in total. The molecule has 3 rings (SSSR count). The van der Waals surface area contributed by atoms with Crippen molar-refractivity contribution in [3.05, 3.63) is 88.3 Å². The van der Waals surface area contributed by atoms with Crippen LogP contribution in [0.2, 0.25) is 0 Å². The fraction of sp³-hybridized carbons (Fsp3) is 0.174. The summed E-state index contributed by atoms with van der Waals surface area (Å²) in [6, 6.07) is 18.0. The van der Waals surface area contributed by atoms with Gasteiger partial charge in [-0.2, -0.15) is 5.10 Å². The van der Waals surface area contributed by atoms with E-state index in [4.69, 9.17) is 9.47 Å². The highest BCUT2D eigenvalue weighted by Gasteiger charge is 2.15. The number of para-hydroxylation sites is 2. The Kier molecular flexibility index (Phi) is 7.47. The first-order valence-corrected chi connectivity index (χ1v) is 9.77. The number of ketones is 1. The largest absolute Gasteiger partial charge is 0.492 e. The zero-order valence-electron chi connectivity index (χ0n) is 17.3. The fourth-order valence-corrected chi connectivity index (χ4v) is 2.78. The number of Topliss-reactive ketones (excluding diaryl/α,β-unsaturated/α-hetero) is 1. The maximum atomic E-state index is 12.3. The number of amides is 1. The Morgan fingerprint density at radius 2 is 1.69 bits per heavy atom. The van der Waals surface area contributed by atoms with E-state index in [0.717, 1.165) is 4.68 Å². The van der Waals surface area contributed by atoms with E-state index in [0.29, 0.717) is 17.0 Å². The number of carbonyl (C=O) groups is 3. The van der Waals surface area contributed by atoms with Gasteiger partial charge < -0.3 is 14.8 Å². The third kappa shape index (κ3) is 6.11. The number of aromatic nitrogens is 2. The Bertz CT molecular complexity index is 1170. The predicted octanol–water partition coefficient (Wildman–Crippen LogP) is 2.32. The quantitative estimate of drug-likeness (QED) is 0.405. The summed E-state index contributed by atoms with van der Waals surface area (Å²) in [5.74, 6) is -1.04. The first-order chi connectivity index (χ1) is 15.4. The van der Waals surface area contributed by atoms with Crippen LogP contribution in [0.25, 0.3) is 0 Å². The van der Waals surface area contributed by atoms with Crippen LogP contribution in [0.15, 0.2) is 71.5 Å². The lowest BCUT2D eigenvalue weighted by Crippen LogP contribution is -2.28. The molecule has 0 saturated heterocycles. The SMILES string of the molecule is CC(=O)c1ccccc1NC(=O)COC(=O)c1ccc(=O)n(CCOc2ccccc2)n1. The molecule has 32 heavy (non-hydrogen) atoms. The van der Waals surface area contributed by atoms with Gasteiger partial charge in [0.05, 0.1) is 12.2 Å².